The van der Waals surface area contributed by atoms with Crippen molar-refractivity contribution in [3.8, 4) is 0 Å². The molecule has 104 valence electrons. The van der Waals surface area contributed by atoms with Gasteiger partial charge < -0.3 is 5.32 Å². The average molecular weight is 253 g/mol. The highest BCUT2D eigenvalue weighted by Crippen LogP contribution is 2.13. The molecule has 1 rings (SSSR count). The Bertz CT molecular complexity index is 257. The molecule has 0 spiro atoms. The van der Waals surface area contributed by atoms with Gasteiger partial charge in [0.15, 0.2) is 11.6 Å². The molecule has 0 bridgehead atoms. The van der Waals surface area contributed by atoms with Gasteiger partial charge in [-0.05, 0) is 38.6 Å². The summed E-state index contributed by atoms with van der Waals surface area (Å²) in [5, 5.41) is 3.48. The second-order valence-electron chi connectivity index (χ2n) is 5.34. The Balaban J connectivity index is 1.96. The van der Waals surface area contributed by atoms with E-state index in [1.807, 2.05) is 6.92 Å². The lowest BCUT2D eigenvalue weighted by Gasteiger charge is -2.08. The first-order valence-corrected chi connectivity index (χ1v) is 7.53. The second-order valence-corrected chi connectivity index (χ2v) is 5.34. The second kappa shape index (κ2) is 9.26. The molecule has 0 radical (unpaired) electrons. The van der Waals surface area contributed by atoms with Crippen molar-refractivity contribution in [1.29, 1.82) is 0 Å². The molecule has 1 atom stereocenters. The summed E-state index contributed by atoms with van der Waals surface area (Å²) in [5.41, 5.74) is 0. The third kappa shape index (κ3) is 6.29. The van der Waals surface area contributed by atoms with Crippen molar-refractivity contribution in [2.24, 2.45) is 0 Å². The Morgan fingerprint density at radius 2 is 1.78 bits per heavy atom. The standard InChI is InChI=1S/C15H27NO2/c1-2-3-10-14(17)15(18)11-6-4-5-8-13-9-7-12-16-13/h13,16H,2-12H2,1H3. The lowest BCUT2D eigenvalue weighted by molar-refractivity contribution is -0.136. The average Bonchev–Trinajstić information content (AvgIpc) is 2.88. The maximum atomic E-state index is 11.5. The van der Waals surface area contributed by atoms with Crippen molar-refractivity contribution in [2.45, 2.75) is 77.2 Å². The number of nitrogens with one attached hydrogen (secondary N) is 1. The highest BCUT2D eigenvalue weighted by atomic mass is 16.2. The molecule has 0 amide bonds. The molecule has 1 N–H and O–H groups in total. The predicted octanol–water partition coefficient (Wildman–Crippen LogP) is 3.02. The highest BCUT2D eigenvalue weighted by Gasteiger charge is 2.14. The third-order valence-corrected chi connectivity index (χ3v) is 3.69. The first kappa shape index (κ1) is 15.4. The van der Waals surface area contributed by atoms with E-state index in [0.717, 1.165) is 32.2 Å². The summed E-state index contributed by atoms with van der Waals surface area (Å²) >= 11 is 0. The zero-order valence-corrected chi connectivity index (χ0v) is 11.7. The van der Waals surface area contributed by atoms with Crippen LogP contribution in [0.15, 0.2) is 0 Å². The van der Waals surface area contributed by atoms with Gasteiger partial charge in [-0.25, -0.2) is 0 Å². The van der Waals surface area contributed by atoms with E-state index in [2.05, 4.69) is 5.32 Å². The Kier molecular flexibility index (Phi) is 7.90. The first-order chi connectivity index (χ1) is 8.74. The molecular weight excluding hydrogens is 226 g/mol. The lowest BCUT2D eigenvalue weighted by atomic mass is 10.0. The van der Waals surface area contributed by atoms with Crippen LogP contribution in [-0.4, -0.2) is 24.2 Å². The molecule has 1 fully saturated rings. The van der Waals surface area contributed by atoms with Gasteiger partial charge in [-0.15, -0.1) is 0 Å². The van der Waals surface area contributed by atoms with Gasteiger partial charge in [-0.3, -0.25) is 9.59 Å². The number of hydrogen-bond donors (Lipinski definition) is 1. The minimum absolute atomic E-state index is 0.151. The molecule has 0 aromatic carbocycles. The van der Waals surface area contributed by atoms with Gasteiger partial charge in [0.25, 0.3) is 0 Å². The predicted molar refractivity (Wildman–Crippen MR) is 73.6 cm³/mol. The molecule has 1 unspecified atom stereocenters. The number of Topliss-reactive ketones (excluding diaryl/α,β-unsaturated/α-hetero) is 2. The van der Waals surface area contributed by atoms with Crippen molar-refractivity contribution in [2.75, 3.05) is 6.54 Å². The Morgan fingerprint density at radius 3 is 2.39 bits per heavy atom. The topological polar surface area (TPSA) is 46.2 Å². The van der Waals surface area contributed by atoms with E-state index in [0.29, 0.717) is 18.9 Å². The quantitative estimate of drug-likeness (QED) is 0.481. The molecule has 1 aliphatic heterocycles. The van der Waals surface area contributed by atoms with Gasteiger partial charge in [0.1, 0.15) is 0 Å². The molecular formula is C15H27NO2. The van der Waals surface area contributed by atoms with Crippen molar-refractivity contribution in [1.82, 2.24) is 5.32 Å². The lowest BCUT2D eigenvalue weighted by Crippen LogP contribution is -2.20. The van der Waals surface area contributed by atoms with Crippen LogP contribution in [0.25, 0.3) is 0 Å². The maximum Gasteiger partial charge on any atom is 0.198 e. The SMILES string of the molecule is CCCCC(=O)C(=O)CCCCCC1CCCN1. The van der Waals surface area contributed by atoms with Crippen LogP contribution in [0, 0.1) is 0 Å². The van der Waals surface area contributed by atoms with Crippen LogP contribution in [0.3, 0.4) is 0 Å². The Hall–Kier alpha value is -0.700. The summed E-state index contributed by atoms with van der Waals surface area (Å²) in [7, 11) is 0. The smallest absolute Gasteiger partial charge is 0.198 e. The van der Waals surface area contributed by atoms with Crippen LogP contribution in [0.5, 0.6) is 0 Å². The fraction of sp³-hybridized carbons (Fsp3) is 0.867. The molecule has 1 aliphatic rings. The van der Waals surface area contributed by atoms with Gasteiger partial charge in [0, 0.05) is 18.9 Å². The van der Waals surface area contributed by atoms with E-state index in [1.165, 1.54) is 25.7 Å². The Labute approximate surface area is 111 Å². The van der Waals surface area contributed by atoms with Crippen molar-refractivity contribution in [3.63, 3.8) is 0 Å². The van der Waals surface area contributed by atoms with Gasteiger partial charge in [-0.2, -0.15) is 0 Å². The number of ketones is 2. The van der Waals surface area contributed by atoms with Gasteiger partial charge in [0.05, 0.1) is 0 Å². The normalized spacial score (nSPS) is 19.1. The summed E-state index contributed by atoms with van der Waals surface area (Å²) in [6, 6.07) is 0.701. The van der Waals surface area contributed by atoms with E-state index in [9.17, 15) is 9.59 Å². The van der Waals surface area contributed by atoms with Gasteiger partial charge in [0.2, 0.25) is 0 Å². The zero-order chi connectivity index (χ0) is 13.2. The minimum Gasteiger partial charge on any atom is -0.314 e. The number of unbranched alkanes of at least 4 members (excludes halogenated alkanes) is 3. The molecule has 3 heteroatoms. The largest absolute Gasteiger partial charge is 0.314 e. The molecule has 1 heterocycles. The molecule has 1 saturated heterocycles. The number of rotatable bonds is 10. The molecule has 0 aliphatic carbocycles. The third-order valence-electron chi connectivity index (χ3n) is 3.69. The fourth-order valence-electron chi connectivity index (χ4n) is 2.47. The summed E-state index contributed by atoms with van der Waals surface area (Å²) in [6.07, 6.45) is 9.68. The summed E-state index contributed by atoms with van der Waals surface area (Å²) in [6.45, 7) is 3.20. The molecule has 3 nitrogen and oxygen atoms in total. The monoisotopic (exact) mass is 253 g/mol. The van der Waals surface area contributed by atoms with Crippen molar-refractivity contribution in [3.05, 3.63) is 0 Å². The van der Waals surface area contributed by atoms with Crippen LogP contribution < -0.4 is 5.32 Å². The molecule has 0 aromatic heterocycles. The molecule has 0 aromatic rings. The summed E-state index contributed by atoms with van der Waals surface area (Å²) in [4.78, 5) is 22.9. The maximum absolute atomic E-state index is 11.5. The Morgan fingerprint density at radius 1 is 1.06 bits per heavy atom. The van der Waals surface area contributed by atoms with E-state index >= 15 is 0 Å². The fourth-order valence-corrected chi connectivity index (χ4v) is 2.47. The van der Waals surface area contributed by atoms with E-state index < -0.39 is 0 Å². The highest BCUT2D eigenvalue weighted by molar-refractivity contribution is 6.37. The van der Waals surface area contributed by atoms with Crippen LogP contribution in [0.2, 0.25) is 0 Å². The van der Waals surface area contributed by atoms with Gasteiger partial charge in [-0.1, -0.05) is 26.2 Å². The van der Waals surface area contributed by atoms with E-state index in [1.54, 1.807) is 0 Å². The van der Waals surface area contributed by atoms with Crippen LogP contribution in [-0.2, 0) is 9.59 Å². The van der Waals surface area contributed by atoms with E-state index in [-0.39, 0.29) is 11.6 Å². The van der Waals surface area contributed by atoms with Crippen LogP contribution >= 0.6 is 0 Å². The van der Waals surface area contributed by atoms with Crippen molar-refractivity contribution >= 4 is 11.6 Å². The minimum atomic E-state index is -0.158. The molecule has 0 saturated carbocycles. The van der Waals surface area contributed by atoms with Crippen LogP contribution in [0.1, 0.15) is 71.1 Å². The zero-order valence-electron chi connectivity index (χ0n) is 11.7. The number of carbonyl (C=O) groups is 2. The van der Waals surface area contributed by atoms with Crippen molar-refractivity contribution < 1.29 is 9.59 Å². The first-order valence-electron chi connectivity index (χ1n) is 7.53. The summed E-state index contributed by atoms with van der Waals surface area (Å²) < 4.78 is 0. The van der Waals surface area contributed by atoms with E-state index in [4.69, 9.17) is 0 Å². The van der Waals surface area contributed by atoms with Gasteiger partial charge >= 0.3 is 0 Å². The number of hydrogen-bond acceptors (Lipinski definition) is 3. The summed E-state index contributed by atoms with van der Waals surface area (Å²) in [5.74, 6) is -0.309. The number of carbonyl (C=O) groups excluding carboxylic acids is 2. The molecule has 18 heavy (non-hydrogen) atoms. The van der Waals surface area contributed by atoms with Crippen LogP contribution in [0.4, 0.5) is 0 Å².